The maximum Gasteiger partial charge on any atom is 0.226 e. The molecule has 0 spiro atoms. The Morgan fingerprint density at radius 1 is 1.12 bits per heavy atom. The van der Waals surface area contributed by atoms with Crippen molar-refractivity contribution >= 4 is 22.4 Å². The lowest BCUT2D eigenvalue weighted by Gasteiger charge is -2.01. The van der Waals surface area contributed by atoms with Crippen LogP contribution in [-0.4, -0.2) is 10.1 Å². The number of rotatable bonds is 1. The molecule has 0 fully saturated rings. The molecule has 0 atom stereocenters. The van der Waals surface area contributed by atoms with E-state index >= 15 is 0 Å². The van der Waals surface area contributed by atoms with E-state index in [1.807, 2.05) is 30.5 Å². The van der Waals surface area contributed by atoms with Crippen LogP contribution in [0, 0.1) is 0 Å². The van der Waals surface area contributed by atoms with Gasteiger partial charge in [0.25, 0.3) is 0 Å². The maximum absolute atomic E-state index is 5.71. The first kappa shape index (κ1) is 9.36. The molecule has 1 aromatic carbocycles. The average molecular weight is 231 g/mol. The molecular formula is C12H7ClN2O. The standard InChI is InChI=1S/C12H7ClN2O/c13-12-5-11(15-16-12)10-7-14-6-8-3-1-2-4-9(8)10/h1-7H. The smallest absolute Gasteiger partial charge is 0.226 e. The Labute approximate surface area is 96.7 Å². The van der Waals surface area contributed by atoms with Crippen LogP contribution < -0.4 is 0 Å². The van der Waals surface area contributed by atoms with Crippen molar-refractivity contribution in [2.75, 3.05) is 0 Å². The Morgan fingerprint density at radius 3 is 2.81 bits per heavy atom. The van der Waals surface area contributed by atoms with E-state index in [4.69, 9.17) is 16.1 Å². The van der Waals surface area contributed by atoms with Crippen molar-refractivity contribution in [3.8, 4) is 11.3 Å². The fourth-order valence-electron chi connectivity index (χ4n) is 1.70. The third-order valence-electron chi connectivity index (χ3n) is 2.43. The average Bonchev–Trinajstić information content (AvgIpc) is 2.75. The zero-order valence-corrected chi connectivity index (χ0v) is 8.98. The molecule has 0 saturated carbocycles. The molecule has 0 bridgehead atoms. The molecule has 78 valence electrons. The summed E-state index contributed by atoms with van der Waals surface area (Å²) in [6.07, 6.45) is 3.58. The zero-order chi connectivity index (χ0) is 11.0. The van der Waals surface area contributed by atoms with Crippen molar-refractivity contribution in [2.45, 2.75) is 0 Å². The van der Waals surface area contributed by atoms with Gasteiger partial charge in [0.1, 0.15) is 5.69 Å². The van der Waals surface area contributed by atoms with Gasteiger partial charge in [0.2, 0.25) is 5.22 Å². The molecule has 0 aliphatic heterocycles. The Hall–Kier alpha value is -1.87. The topological polar surface area (TPSA) is 38.9 Å². The summed E-state index contributed by atoms with van der Waals surface area (Å²) in [7, 11) is 0. The van der Waals surface area contributed by atoms with Crippen LogP contribution in [-0.2, 0) is 0 Å². The molecule has 2 heterocycles. The number of halogens is 1. The van der Waals surface area contributed by atoms with Gasteiger partial charge in [0.05, 0.1) is 0 Å². The van der Waals surface area contributed by atoms with Crippen LogP contribution in [0.3, 0.4) is 0 Å². The second-order valence-electron chi connectivity index (χ2n) is 3.42. The van der Waals surface area contributed by atoms with Crippen LogP contribution in [0.2, 0.25) is 5.22 Å². The van der Waals surface area contributed by atoms with Gasteiger partial charge in [-0.3, -0.25) is 4.98 Å². The van der Waals surface area contributed by atoms with Gasteiger partial charge in [-0.15, -0.1) is 0 Å². The van der Waals surface area contributed by atoms with Crippen molar-refractivity contribution in [3.63, 3.8) is 0 Å². The normalized spacial score (nSPS) is 10.8. The molecule has 0 saturated heterocycles. The number of hydrogen-bond donors (Lipinski definition) is 0. The highest BCUT2D eigenvalue weighted by molar-refractivity contribution is 6.29. The van der Waals surface area contributed by atoms with E-state index in [9.17, 15) is 0 Å². The van der Waals surface area contributed by atoms with Crippen LogP contribution in [0.4, 0.5) is 0 Å². The molecule has 0 aliphatic rings. The third kappa shape index (κ3) is 1.46. The number of benzene rings is 1. The van der Waals surface area contributed by atoms with Crippen molar-refractivity contribution in [3.05, 3.63) is 47.9 Å². The number of pyridine rings is 1. The lowest BCUT2D eigenvalue weighted by Crippen LogP contribution is -1.83. The molecule has 3 nitrogen and oxygen atoms in total. The fraction of sp³-hybridized carbons (Fsp3) is 0. The van der Waals surface area contributed by atoms with Crippen LogP contribution in [0.15, 0.2) is 47.2 Å². The van der Waals surface area contributed by atoms with Gasteiger partial charge in [-0.2, -0.15) is 0 Å². The summed E-state index contributed by atoms with van der Waals surface area (Å²) in [4.78, 5) is 4.17. The van der Waals surface area contributed by atoms with Gasteiger partial charge in [-0.25, -0.2) is 0 Å². The largest absolute Gasteiger partial charge is 0.344 e. The van der Waals surface area contributed by atoms with Crippen molar-refractivity contribution < 1.29 is 4.52 Å². The van der Waals surface area contributed by atoms with E-state index in [0.717, 1.165) is 16.3 Å². The van der Waals surface area contributed by atoms with E-state index in [1.165, 1.54) is 0 Å². The van der Waals surface area contributed by atoms with E-state index in [1.54, 1.807) is 12.3 Å². The van der Waals surface area contributed by atoms with E-state index < -0.39 is 0 Å². The van der Waals surface area contributed by atoms with E-state index in [0.29, 0.717) is 5.69 Å². The second kappa shape index (κ2) is 3.61. The van der Waals surface area contributed by atoms with E-state index in [-0.39, 0.29) is 5.22 Å². The molecule has 0 radical (unpaired) electrons. The summed E-state index contributed by atoms with van der Waals surface area (Å²) >= 11 is 5.71. The van der Waals surface area contributed by atoms with Crippen molar-refractivity contribution in [1.29, 1.82) is 0 Å². The highest BCUT2D eigenvalue weighted by Crippen LogP contribution is 2.27. The Balaban J connectivity index is 2.31. The Bertz CT molecular complexity index is 643. The predicted octanol–water partition coefficient (Wildman–Crippen LogP) is 3.54. The summed E-state index contributed by atoms with van der Waals surface area (Å²) < 4.78 is 4.86. The van der Waals surface area contributed by atoms with Crippen molar-refractivity contribution in [1.82, 2.24) is 10.1 Å². The molecule has 0 amide bonds. The molecule has 3 aromatic rings. The molecular weight excluding hydrogens is 224 g/mol. The maximum atomic E-state index is 5.71. The minimum atomic E-state index is 0.280. The number of nitrogens with zero attached hydrogens (tertiary/aromatic N) is 2. The van der Waals surface area contributed by atoms with Gasteiger partial charge < -0.3 is 4.52 Å². The minimum absolute atomic E-state index is 0.280. The molecule has 16 heavy (non-hydrogen) atoms. The predicted molar refractivity (Wildman–Crippen MR) is 62.3 cm³/mol. The van der Waals surface area contributed by atoms with Crippen LogP contribution in [0.5, 0.6) is 0 Å². The lowest BCUT2D eigenvalue weighted by molar-refractivity contribution is 0.424. The second-order valence-corrected chi connectivity index (χ2v) is 3.80. The molecule has 0 unspecified atom stereocenters. The van der Waals surface area contributed by atoms with Crippen LogP contribution >= 0.6 is 11.6 Å². The zero-order valence-electron chi connectivity index (χ0n) is 8.22. The summed E-state index contributed by atoms with van der Waals surface area (Å²) in [5, 5.41) is 6.32. The highest BCUT2D eigenvalue weighted by atomic mass is 35.5. The summed E-state index contributed by atoms with van der Waals surface area (Å²) in [6.45, 7) is 0. The number of fused-ring (bicyclic) bond motifs is 1. The fourth-order valence-corrected chi connectivity index (χ4v) is 1.84. The minimum Gasteiger partial charge on any atom is -0.344 e. The Kier molecular flexibility index (Phi) is 2.11. The highest BCUT2D eigenvalue weighted by Gasteiger charge is 2.08. The summed E-state index contributed by atoms with van der Waals surface area (Å²) in [5.74, 6) is 0. The molecule has 3 rings (SSSR count). The SMILES string of the molecule is Clc1cc(-c2cncc3ccccc23)no1. The molecule has 4 heteroatoms. The number of hydrogen-bond acceptors (Lipinski definition) is 3. The monoisotopic (exact) mass is 230 g/mol. The van der Waals surface area contributed by atoms with Gasteiger partial charge >= 0.3 is 0 Å². The molecule has 2 aromatic heterocycles. The molecule has 0 aliphatic carbocycles. The summed E-state index contributed by atoms with van der Waals surface area (Å²) in [5.41, 5.74) is 1.63. The first-order chi connectivity index (χ1) is 7.84. The first-order valence-corrected chi connectivity index (χ1v) is 5.18. The van der Waals surface area contributed by atoms with Gasteiger partial charge in [0.15, 0.2) is 0 Å². The van der Waals surface area contributed by atoms with Crippen molar-refractivity contribution in [2.24, 2.45) is 0 Å². The Morgan fingerprint density at radius 2 is 2.00 bits per heavy atom. The van der Waals surface area contributed by atoms with Gasteiger partial charge in [-0.1, -0.05) is 29.4 Å². The van der Waals surface area contributed by atoms with Gasteiger partial charge in [-0.05, 0) is 17.0 Å². The van der Waals surface area contributed by atoms with Crippen LogP contribution in [0.25, 0.3) is 22.0 Å². The number of aromatic nitrogens is 2. The van der Waals surface area contributed by atoms with Gasteiger partial charge in [0, 0.05) is 29.4 Å². The molecule has 0 N–H and O–H groups in total. The first-order valence-electron chi connectivity index (χ1n) is 4.80. The third-order valence-corrected chi connectivity index (χ3v) is 2.60. The van der Waals surface area contributed by atoms with Crippen LogP contribution in [0.1, 0.15) is 0 Å². The quantitative estimate of drug-likeness (QED) is 0.642. The lowest BCUT2D eigenvalue weighted by atomic mass is 10.1. The summed E-state index contributed by atoms with van der Waals surface area (Å²) in [6, 6.07) is 9.67. The van der Waals surface area contributed by atoms with E-state index in [2.05, 4.69) is 10.1 Å².